The van der Waals surface area contributed by atoms with Gasteiger partial charge in [-0.3, -0.25) is 0 Å². The Morgan fingerprint density at radius 3 is 2.79 bits per heavy atom. The predicted molar refractivity (Wildman–Crippen MR) is 92.8 cm³/mol. The Morgan fingerprint density at radius 2 is 2.04 bits per heavy atom. The second-order valence-electron chi connectivity index (χ2n) is 4.92. The highest BCUT2D eigenvalue weighted by Crippen LogP contribution is 2.28. The number of benzene rings is 2. The molecule has 0 spiro atoms. The summed E-state index contributed by atoms with van der Waals surface area (Å²) in [7, 11) is 0. The first-order chi connectivity index (χ1) is 11.7. The van der Waals surface area contributed by atoms with Crippen LogP contribution in [0.3, 0.4) is 0 Å². The van der Waals surface area contributed by atoms with Gasteiger partial charge < -0.3 is 9.57 Å². The maximum Gasteiger partial charge on any atom is 0.368 e. The van der Waals surface area contributed by atoms with Gasteiger partial charge >= 0.3 is 5.97 Å². The molecule has 0 radical (unpaired) electrons. The molecule has 3 rings (SSSR count). The zero-order valence-electron chi connectivity index (χ0n) is 12.5. The van der Waals surface area contributed by atoms with Gasteiger partial charge in [-0.05, 0) is 24.3 Å². The maximum absolute atomic E-state index is 12.1. The van der Waals surface area contributed by atoms with Crippen molar-refractivity contribution in [1.29, 1.82) is 0 Å². The van der Waals surface area contributed by atoms with Crippen LogP contribution < -0.4 is 4.74 Å². The summed E-state index contributed by atoms with van der Waals surface area (Å²) < 4.78 is 5.50. The average Bonchev–Trinajstić information content (AvgIpc) is 2.96. The van der Waals surface area contributed by atoms with Crippen molar-refractivity contribution in [2.75, 3.05) is 6.61 Å². The van der Waals surface area contributed by atoms with Crippen LogP contribution in [0.25, 0.3) is 6.08 Å². The van der Waals surface area contributed by atoms with E-state index in [1.165, 1.54) is 0 Å². The quantitative estimate of drug-likeness (QED) is 0.485. The fourth-order valence-electron chi connectivity index (χ4n) is 2.25. The zero-order chi connectivity index (χ0) is 16.9. The summed E-state index contributed by atoms with van der Waals surface area (Å²) >= 11 is 6.05. The van der Waals surface area contributed by atoms with Crippen molar-refractivity contribution >= 4 is 29.4 Å². The lowest BCUT2D eigenvalue weighted by atomic mass is 10.0. The second-order valence-corrected chi connectivity index (χ2v) is 5.35. The third kappa shape index (κ3) is 3.32. The number of oxime groups is 1. The predicted octanol–water partition coefficient (Wildman–Crippen LogP) is 3.70. The van der Waals surface area contributed by atoms with E-state index in [9.17, 15) is 4.79 Å². The maximum atomic E-state index is 12.1. The van der Waals surface area contributed by atoms with Gasteiger partial charge in [0.25, 0.3) is 0 Å². The van der Waals surface area contributed by atoms with E-state index < -0.39 is 5.97 Å². The molecule has 0 saturated carbocycles. The second kappa shape index (κ2) is 7.03. The van der Waals surface area contributed by atoms with Gasteiger partial charge in [-0.2, -0.15) is 0 Å². The summed E-state index contributed by atoms with van der Waals surface area (Å²) in [6.07, 6.45) is 6.87. The third-order valence-corrected chi connectivity index (χ3v) is 3.56. The number of hydrogen-bond donors (Lipinski definition) is 0. The summed E-state index contributed by atoms with van der Waals surface area (Å²) in [6, 6.07) is 14.4. The Kier molecular flexibility index (Phi) is 4.64. The lowest BCUT2D eigenvalue weighted by molar-refractivity contribution is -0.136. The van der Waals surface area contributed by atoms with Crippen molar-refractivity contribution in [3.63, 3.8) is 0 Å². The van der Waals surface area contributed by atoms with Crippen molar-refractivity contribution < 1.29 is 14.4 Å². The number of hydrogen-bond acceptors (Lipinski definition) is 4. The molecule has 0 fully saturated rings. The van der Waals surface area contributed by atoms with Gasteiger partial charge in [0.15, 0.2) is 0 Å². The molecule has 0 atom stereocenters. The van der Waals surface area contributed by atoms with Crippen molar-refractivity contribution in [3.05, 3.63) is 70.3 Å². The molecule has 0 saturated heterocycles. The first kappa shape index (κ1) is 15.9. The number of rotatable bonds is 4. The Labute approximate surface area is 144 Å². The van der Waals surface area contributed by atoms with Crippen molar-refractivity contribution in [2.24, 2.45) is 5.16 Å². The molecule has 1 aliphatic rings. The smallest absolute Gasteiger partial charge is 0.368 e. The van der Waals surface area contributed by atoms with Gasteiger partial charge in [0, 0.05) is 16.1 Å². The van der Waals surface area contributed by atoms with E-state index >= 15 is 0 Å². The molecule has 0 bridgehead atoms. The van der Waals surface area contributed by atoms with E-state index in [0.29, 0.717) is 27.6 Å². The third-order valence-electron chi connectivity index (χ3n) is 3.32. The first-order valence-corrected chi connectivity index (χ1v) is 7.49. The summed E-state index contributed by atoms with van der Waals surface area (Å²) in [5, 5.41) is 4.38. The van der Waals surface area contributed by atoms with Gasteiger partial charge in [-0.1, -0.05) is 53.0 Å². The van der Waals surface area contributed by atoms with Crippen LogP contribution >= 0.6 is 11.6 Å². The van der Waals surface area contributed by atoms with Crippen LogP contribution in [0.2, 0.25) is 5.02 Å². The van der Waals surface area contributed by atoms with Crippen LogP contribution in [-0.4, -0.2) is 18.3 Å². The minimum Gasteiger partial charge on any atom is -0.480 e. The molecule has 0 amide bonds. The van der Waals surface area contributed by atoms with E-state index in [2.05, 4.69) is 11.1 Å². The largest absolute Gasteiger partial charge is 0.480 e. The van der Waals surface area contributed by atoms with Crippen molar-refractivity contribution in [3.8, 4) is 18.1 Å². The number of ether oxygens (including phenoxy) is 1. The fourth-order valence-corrected chi connectivity index (χ4v) is 2.43. The summed E-state index contributed by atoms with van der Waals surface area (Å²) in [5.41, 5.74) is 2.19. The van der Waals surface area contributed by atoms with Gasteiger partial charge in [-0.15, -0.1) is 6.42 Å². The topological polar surface area (TPSA) is 47.9 Å². The highest BCUT2D eigenvalue weighted by molar-refractivity contribution is 6.32. The highest BCUT2D eigenvalue weighted by atomic mass is 35.5. The van der Waals surface area contributed by atoms with E-state index in [4.69, 9.17) is 27.6 Å². The molecule has 1 heterocycles. The van der Waals surface area contributed by atoms with E-state index in [1.807, 2.05) is 30.3 Å². The Morgan fingerprint density at radius 1 is 1.25 bits per heavy atom. The lowest BCUT2D eigenvalue weighted by Crippen LogP contribution is -2.07. The number of terminal acetylenes is 1. The first-order valence-electron chi connectivity index (χ1n) is 7.11. The molecule has 2 aromatic rings. The van der Waals surface area contributed by atoms with Gasteiger partial charge in [-0.25, -0.2) is 4.79 Å². The molecule has 1 aliphatic heterocycles. The number of carbonyl (C=O) groups excluding carboxylic acids is 1. The molecule has 0 aromatic heterocycles. The standard InChI is InChI=1S/C19H12ClNO3/c1-2-10-23-17-9-8-15(20)11-14(17)12-16-18(21-24-19(16)22)13-6-4-3-5-7-13/h1,3-9,11-12H,10H2/b16-12-. The van der Waals surface area contributed by atoms with Gasteiger partial charge in [0.05, 0.1) is 5.57 Å². The molecule has 2 aromatic carbocycles. The van der Waals surface area contributed by atoms with Crippen LogP contribution in [0.15, 0.2) is 59.3 Å². The summed E-state index contributed by atoms with van der Waals surface area (Å²) in [4.78, 5) is 16.9. The SMILES string of the molecule is C#CCOc1ccc(Cl)cc1/C=C1\C(=O)ON=C1c1ccccc1. The Bertz CT molecular complexity index is 879. The van der Waals surface area contributed by atoms with Gasteiger partial charge in [0.2, 0.25) is 0 Å². The van der Waals surface area contributed by atoms with E-state index in [0.717, 1.165) is 5.56 Å². The van der Waals surface area contributed by atoms with E-state index in [-0.39, 0.29) is 6.61 Å². The molecule has 0 unspecified atom stereocenters. The molecule has 0 aliphatic carbocycles. The average molecular weight is 338 g/mol. The van der Waals surface area contributed by atoms with Crippen LogP contribution in [0, 0.1) is 12.3 Å². The highest BCUT2D eigenvalue weighted by Gasteiger charge is 2.27. The molecule has 118 valence electrons. The van der Waals surface area contributed by atoms with Crippen molar-refractivity contribution in [1.82, 2.24) is 0 Å². The number of nitrogens with zero attached hydrogens (tertiary/aromatic N) is 1. The minimum atomic E-state index is -0.531. The number of carbonyl (C=O) groups is 1. The Hall–Kier alpha value is -3.03. The van der Waals surface area contributed by atoms with Crippen molar-refractivity contribution in [2.45, 2.75) is 0 Å². The molecule has 24 heavy (non-hydrogen) atoms. The van der Waals surface area contributed by atoms with E-state index in [1.54, 1.807) is 24.3 Å². The molecule has 4 nitrogen and oxygen atoms in total. The van der Waals surface area contributed by atoms with Crippen LogP contribution in [-0.2, 0) is 9.63 Å². The molecule has 0 N–H and O–H groups in total. The molecule has 5 heteroatoms. The molecular formula is C19H12ClNO3. The van der Waals surface area contributed by atoms with Gasteiger partial charge in [0.1, 0.15) is 18.1 Å². The summed E-state index contributed by atoms with van der Waals surface area (Å²) in [6.45, 7) is 0.113. The minimum absolute atomic E-state index is 0.113. The Balaban J connectivity index is 2.03. The monoisotopic (exact) mass is 337 g/mol. The fraction of sp³-hybridized carbons (Fsp3) is 0.0526. The normalized spacial score (nSPS) is 14.9. The zero-order valence-corrected chi connectivity index (χ0v) is 13.3. The van der Waals surface area contributed by atoms with Crippen LogP contribution in [0.5, 0.6) is 5.75 Å². The van der Waals surface area contributed by atoms with Crippen LogP contribution in [0.1, 0.15) is 11.1 Å². The molecular weight excluding hydrogens is 326 g/mol. The number of halogens is 1. The lowest BCUT2D eigenvalue weighted by Gasteiger charge is -2.08. The van der Waals surface area contributed by atoms with Crippen LogP contribution in [0.4, 0.5) is 0 Å². The summed E-state index contributed by atoms with van der Waals surface area (Å²) in [5.74, 6) is 2.40.